The second-order valence-corrected chi connectivity index (χ2v) is 3.42. The maximum absolute atomic E-state index is 11.2. The lowest BCUT2D eigenvalue weighted by molar-refractivity contribution is -0.114. The molecule has 5 heteroatoms. The van der Waals surface area contributed by atoms with Crippen LogP contribution in [-0.2, 0) is 4.79 Å². The molecule has 1 aromatic heterocycles. The van der Waals surface area contributed by atoms with Crippen molar-refractivity contribution >= 4 is 23.2 Å². The van der Waals surface area contributed by atoms with Crippen molar-refractivity contribution in [3.05, 3.63) is 23.5 Å². The summed E-state index contributed by atoms with van der Waals surface area (Å²) >= 11 is 0. The van der Waals surface area contributed by atoms with Gasteiger partial charge in [-0.2, -0.15) is 0 Å². The van der Waals surface area contributed by atoms with Crippen LogP contribution in [0.1, 0.15) is 41.7 Å². The van der Waals surface area contributed by atoms with Crippen molar-refractivity contribution < 1.29 is 14.4 Å². The zero-order valence-corrected chi connectivity index (χ0v) is 9.33. The molecule has 0 fully saturated rings. The number of carbonyl (C=O) groups is 3. The number of aromatic nitrogens is 1. The second-order valence-electron chi connectivity index (χ2n) is 3.42. The van der Waals surface area contributed by atoms with Gasteiger partial charge in [0.2, 0.25) is 5.91 Å². The number of rotatable bonds is 3. The van der Waals surface area contributed by atoms with Crippen LogP contribution in [0.4, 0.5) is 5.69 Å². The molecule has 0 aromatic carbocycles. The SMILES string of the molecule is CC(=O)Nc1cc(C(C)=O)nc(C(C)=O)c1. The van der Waals surface area contributed by atoms with Crippen LogP contribution in [0.25, 0.3) is 0 Å². The molecule has 0 aliphatic heterocycles. The summed E-state index contributed by atoms with van der Waals surface area (Å²) in [5, 5.41) is 2.51. The number of amides is 1. The Morgan fingerprint density at radius 3 is 1.75 bits per heavy atom. The third-order valence-corrected chi connectivity index (χ3v) is 1.87. The predicted molar refractivity (Wildman–Crippen MR) is 58.5 cm³/mol. The van der Waals surface area contributed by atoms with E-state index in [0.717, 1.165) is 0 Å². The minimum atomic E-state index is -0.268. The molecule has 1 heterocycles. The van der Waals surface area contributed by atoms with Gasteiger partial charge >= 0.3 is 0 Å². The third kappa shape index (κ3) is 2.98. The summed E-state index contributed by atoms with van der Waals surface area (Å²) in [4.78, 5) is 37.1. The number of carbonyl (C=O) groups excluding carboxylic acids is 3. The van der Waals surface area contributed by atoms with Crippen molar-refractivity contribution in [2.45, 2.75) is 20.8 Å². The summed E-state index contributed by atoms with van der Waals surface area (Å²) in [6.45, 7) is 4.05. The molecule has 1 aromatic rings. The molecule has 1 rings (SSSR count). The monoisotopic (exact) mass is 220 g/mol. The Kier molecular flexibility index (Phi) is 3.50. The van der Waals surface area contributed by atoms with E-state index in [2.05, 4.69) is 10.3 Å². The second kappa shape index (κ2) is 4.65. The minimum absolute atomic E-state index is 0.163. The summed E-state index contributed by atoms with van der Waals surface area (Å²) in [5.41, 5.74) is 0.728. The Hall–Kier alpha value is -2.04. The fourth-order valence-electron chi connectivity index (χ4n) is 1.17. The molecule has 0 spiro atoms. The van der Waals surface area contributed by atoms with E-state index < -0.39 is 0 Å². The van der Waals surface area contributed by atoms with Gasteiger partial charge in [0.25, 0.3) is 0 Å². The first-order valence-corrected chi connectivity index (χ1v) is 4.71. The average molecular weight is 220 g/mol. The maximum atomic E-state index is 11.2. The number of ketones is 2. The molecule has 0 saturated carbocycles. The number of nitrogens with zero attached hydrogens (tertiary/aromatic N) is 1. The molecular weight excluding hydrogens is 208 g/mol. The quantitative estimate of drug-likeness (QED) is 0.782. The summed E-state index contributed by atoms with van der Waals surface area (Å²) in [5.74, 6) is -0.778. The standard InChI is InChI=1S/C11H12N2O3/c1-6(14)10-4-9(12-8(3)16)5-11(13-10)7(2)15/h4-5H,1-3H3,(H,12,13,16). The topological polar surface area (TPSA) is 76.1 Å². The first-order valence-electron chi connectivity index (χ1n) is 4.71. The molecular formula is C11H12N2O3. The van der Waals surface area contributed by atoms with Crippen molar-refractivity contribution in [2.24, 2.45) is 0 Å². The minimum Gasteiger partial charge on any atom is -0.326 e. The van der Waals surface area contributed by atoms with E-state index in [-0.39, 0.29) is 28.9 Å². The van der Waals surface area contributed by atoms with Crippen LogP contribution in [0.2, 0.25) is 0 Å². The fraction of sp³-hybridized carbons (Fsp3) is 0.273. The first-order chi connectivity index (χ1) is 7.40. The normalized spacial score (nSPS) is 9.69. The van der Waals surface area contributed by atoms with Crippen LogP contribution in [0.15, 0.2) is 12.1 Å². The molecule has 0 radical (unpaired) electrons. The highest BCUT2D eigenvalue weighted by Crippen LogP contribution is 2.12. The van der Waals surface area contributed by atoms with Crippen molar-refractivity contribution in [3.63, 3.8) is 0 Å². The van der Waals surface area contributed by atoms with Crippen molar-refractivity contribution in [3.8, 4) is 0 Å². The van der Waals surface area contributed by atoms with E-state index in [1.807, 2.05) is 0 Å². The van der Waals surface area contributed by atoms with Gasteiger partial charge in [-0.05, 0) is 12.1 Å². The smallest absolute Gasteiger partial charge is 0.221 e. The van der Waals surface area contributed by atoms with E-state index in [1.54, 1.807) is 0 Å². The van der Waals surface area contributed by atoms with Crippen LogP contribution < -0.4 is 5.32 Å². The Balaban J connectivity index is 3.23. The van der Waals surface area contributed by atoms with Gasteiger partial charge in [0, 0.05) is 26.5 Å². The first kappa shape index (κ1) is 12.0. The lowest BCUT2D eigenvalue weighted by Gasteiger charge is -2.05. The van der Waals surface area contributed by atoms with Gasteiger partial charge in [0.05, 0.1) is 0 Å². The Morgan fingerprint density at radius 1 is 1.00 bits per heavy atom. The highest BCUT2D eigenvalue weighted by molar-refractivity contribution is 5.99. The van der Waals surface area contributed by atoms with Crippen molar-refractivity contribution in [2.75, 3.05) is 5.32 Å². The zero-order valence-electron chi connectivity index (χ0n) is 9.33. The highest BCUT2D eigenvalue weighted by Gasteiger charge is 2.10. The number of hydrogen-bond donors (Lipinski definition) is 1. The van der Waals surface area contributed by atoms with E-state index in [9.17, 15) is 14.4 Å². The molecule has 0 unspecified atom stereocenters. The van der Waals surface area contributed by atoms with Crippen LogP contribution in [0, 0.1) is 0 Å². The Labute approximate surface area is 92.9 Å². The van der Waals surface area contributed by atoms with Crippen LogP contribution in [0.5, 0.6) is 0 Å². The van der Waals surface area contributed by atoms with Crippen molar-refractivity contribution in [1.82, 2.24) is 4.98 Å². The Bertz CT molecular complexity index is 434. The fourth-order valence-corrected chi connectivity index (χ4v) is 1.17. The van der Waals surface area contributed by atoms with Gasteiger partial charge in [0.1, 0.15) is 11.4 Å². The molecule has 0 saturated heterocycles. The third-order valence-electron chi connectivity index (χ3n) is 1.87. The maximum Gasteiger partial charge on any atom is 0.221 e. The number of pyridine rings is 1. The lowest BCUT2D eigenvalue weighted by atomic mass is 10.2. The largest absolute Gasteiger partial charge is 0.326 e. The van der Waals surface area contributed by atoms with Gasteiger partial charge < -0.3 is 5.32 Å². The zero-order chi connectivity index (χ0) is 12.3. The van der Waals surface area contributed by atoms with Crippen LogP contribution in [-0.4, -0.2) is 22.5 Å². The van der Waals surface area contributed by atoms with E-state index in [0.29, 0.717) is 5.69 Å². The number of anilines is 1. The molecule has 84 valence electrons. The Morgan fingerprint density at radius 2 is 1.44 bits per heavy atom. The van der Waals surface area contributed by atoms with Gasteiger partial charge in [-0.15, -0.1) is 0 Å². The van der Waals surface area contributed by atoms with Gasteiger partial charge in [-0.1, -0.05) is 0 Å². The van der Waals surface area contributed by atoms with Crippen LogP contribution >= 0.6 is 0 Å². The van der Waals surface area contributed by atoms with Crippen molar-refractivity contribution in [1.29, 1.82) is 0 Å². The molecule has 1 N–H and O–H groups in total. The summed E-state index contributed by atoms with van der Waals surface area (Å²) in [6, 6.07) is 2.88. The lowest BCUT2D eigenvalue weighted by Crippen LogP contribution is -2.10. The van der Waals surface area contributed by atoms with E-state index in [1.165, 1.54) is 32.9 Å². The summed E-state index contributed by atoms with van der Waals surface area (Å²) in [7, 11) is 0. The molecule has 0 aliphatic carbocycles. The molecule has 0 bridgehead atoms. The van der Waals surface area contributed by atoms with Gasteiger partial charge in [-0.3, -0.25) is 14.4 Å². The number of Topliss-reactive ketones (excluding diaryl/α,β-unsaturated/α-hetero) is 2. The number of nitrogens with one attached hydrogen (secondary N) is 1. The molecule has 0 aliphatic rings. The van der Waals surface area contributed by atoms with Gasteiger partial charge in [0.15, 0.2) is 11.6 Å². The molecule has 1 amide bonds. The van der Waals surface area contributed by atoms with E-state index >= 15 is 0 Å². The molecule has 5 nitrogen and oxygen atoms in total. The predicted octanol–water partition coefficient (Wildman–Crippen LogP) is 1.45. The van der Waals surface area contributed by atoms with Crippen LogP contribution in [0.3, 0.4) is 0 Å². The summed E-state index contributed by atoms with van der Waals surface area (Å²) in [6.07, 6.45) is 0. The molecule has 16 heavy (non-hydrogen) atoms. The average Bonchev–Trinajstić information content (AvgIpc) is 2.15. The summed E-state index contributed by atoms with van der Waals surface area (Å²) < 4.78 is 0. The van der Waals surface area contributed by atoms with Gasteiger partial charge in [-0.25, -0.2) is 4.98 Å². The number of hydrogen-bond acceptors (Lipinski definition) is 4. The van der Waals surface area contributed by atoms with E-state index in [4.69, 9.17) is 0 Å². The molecule has 0 atom stereocenters. The highest BCUT2D eigenvalue weighted by atomic mass is 16.1.